The molecule has 1 saturated heterocycles. The van der Waals surface area contributed by atoms with Gasteiger partial charge in [-0.2, -0.15) is 0 Å². The number of nitrogens with two attached hydrogens (primary N) is 1. The zero-order valence-corrected chi connectivity index (χ0v) is 11.9. The zero-order valence-electron chi connectivity index (χ0n) is 11.9. The third-order valence-electron chi connectivity index (χ3n) is 4.05. The summed E-state index contributed by atoms with van der Waals surface area (Å²) < 4.78 is 5.36. The number of carbonyl (C=O) groups excluding carboxylic acids is 1. The molecular formula is C15H22N2O2. The third-order valence-corrected chi connectivity index (χ3v) is 4.05. The highest BCUT2D eigenvalue weighted by molar-refractivity contribution is 5.81. The minimum Gasteiger partial charge on any atom is -0.496 e. The van der Waals surface area contributed by atoms with Crippen molar-refractivity contribution in [3.8, 4) is 5.75 Å². The van der Waals surface area contributed by atoms with Crippen molar-refractivity contribution in [3.63, 3.8) is 0 Å². The average Bonchev–Trinajstić information content (AvgIpc) is 2.39. The summed E-state index contributed by atoms with van der Waals surface area (Å²) in [6, 6.07) is 6.15. The first-order chi connectivity index (χ1) is 8.96. The fourth-order valence-electron chi connectivity index (χ4n) is 2.67. The molecule has 1 aromatic carbocycles. The van der Waals surface area contributed by atoms with Crippen LogP contribution >= 0.6 is 0 Å². The number of methoxy groups -OCH3 is 1. The van der Waals surface area contributed by atoms with Gasteiger partial charge in [0.1, 0.15) is 5.75 Å². The molecule has 0 bridgehead atoms. The molecule has 4 heteroatoms. The number of anilines is 1. The summed E-state index contributed by atoms with van der Waals surface area (Å²) in [4.78, 5) is 13.8. The number of amides is 1. The third kappa shape index (κ3) is 2.67. The van der Waals surface area contributed by atoms with Crippen LogP contribution in [-0.4, -0.2) is 26.1 Å². The molecular weight excluding hydrogens is 240 g/mol. The largest absolute Gasteiger partial charge is 0.496 e. The highest BCUT2D eigenvalue weighted by Gasteiger charge is 2.36. The molecule has 4 nitrogen and oxygen atoms in total. The van der Waals surface area contributed by atoms with E-state index in [1.165, 1.54) is 0 Å². The number of hydrogen-bond acceptors (Lipinski definition) is 3. The lowest BCUT2D eigenvalue weighted by atomic mass is 9.81. The van der Waals surface area contributed by atoms with Gasteiger partial charge in [-0.15, -0.1) is 0 Å². The molecule has 1 aliphatic rings. The van der Waals surface area contributed by atoms with Crippen LogP contribution in [0.5, 0.6) is 5.75 Å². The number of nitrogens with zero attached hydrogens (tertiary/aromatic N) is 1. The smallest absolute Gasteiger partial charge is 0.225 e. The number of rotatable bonds is 3. The van der Waals surface area contributed by atoms with Crippen LogP contribution in [0.1, 0.15) is 25.3 Å². The Labute approximate surface area is 114 Å². The molecule has 104 valence electrons. The molecule has 1 aliphatic heterocycles. The average molecular weight is 262 g/mol. The Kier molecular flexibility index (Phi) is 3.69. The number of carbonyl (C=O) groups is 1. The lowest BCUT2D eigenvalue weighted by Crippen LogP contribution is -2.48. The van der Waals surface area contributed by atoms with Gasteiger partial charge in [-0.25, -0.2) is 0 Å². The second kappa shape index (κ2) is 5.11. The van der Waals surface area contributed by atoms with Crippen molar-refractivity contribution in [2.75, 3.05) is 25.1 Å². The van der Waals surface area contributed by atoms with Crippen LogP contribution in [0.25, 0.3) is 0 Å². The van der Waals surface area contributed by atoms with Gasteiger partial charge < -0.3 is 15.4 Å². The quantitative estimate of drug-likeness (QED) is 0.907. The van der Waals surface area contributed by atoms with Crippen molar-refractivity contribution in [2.24, 2.45) is 11.1 Å². The second-order valence-electron chi connectivity index (χ2n) is 5.60. The summed E-state index contributed by atoms with van der Waals surface area (Å²) in [7, 11) is 1.68. The van der Waals surface area contributed by atoms with E-state index in [0.717, 1.165) is 36.4 Å². The number of aryl methyl sites for hydroxylation is 1. The predicted octanol–water partition coefficient (Wildman–Crippen LogP) is 2.10. The van der Waals surface area contributed by atoms with Crippen LogP contribution in [0.15, 0.2) is 18.2 Å². The summed E-state index contributed by atoms with van der Waals surface area (Å²) in [5.41, 5.74) is 7.30. The fourth-order valence-corrected chi connectivity index (χ4v) is 2.67. The van der Waals surface area contributed by atoms with E-state index in [4.69, 9.17) is 10.5 Å². The summed E-state index contributed by atoms with van der Waals surface area (Å²) >= 11 is 0. The van der Waals surface area contributed by atoms with Crippen LogP contribution in [0, 0.1) is 12.3 Å². The van der Waals surface area contributed by atoms with Gasteiger partial charge >= 0.3 is 0 Å². The summed E-state index contributed by atoms with van der Waals surface area (Å²) in [6.45, 7) is 5.60. The molecule has 0 saturated carbocycles. The predicted molar refractivity (Wildman–Crippen MR) is 76.5 cm³/mol. The minimum atomic E-state index is -0.434. The molecule has 0 spiro atoms. The molecule has 0 unspecified atom stereocenters. The first-order valence-electron chi connectivity index (χ1n) is 6.66. The SMILES string of the molecule is COc1cc(N2CCC[C@@](C)(C(N)=O)C2)ccc1C. The number of piperidine rings is 1. The van der Waals surface area contributed by atoms with Crippen molar-refractivity contribution in [1.29, 1.82) is 0 Å². The van der Waals surface area contributed by atoms with E-state index in [1.54, 1.807) is 7.11 Å². The monoisotopic (exact) mass is 262 g/mol. The molecule has 0 aliphatic carbocycles. The Morgan fingerprint density at radius 3 is 2.84 bits per heavy atom. The molecule has 0 radical (unpaired) electrons. The molecule has 19 heavy (non-hydrogen) atoms. The number of benzene rings is 1. The maximum atomic E-state index is 11.6. The van der Waals surface area contributed by atoms with Gasteiger partial charge in [0.25, 0.3) is 0 Å². The van der Waals surface area contributed by atoms with E-state index in [1.807, 2.05) is 26.0 Å². The highest BCUT2D eigenvalue weighted by Crippen LogP contribution is 2.33. The van der Waals surface area contributed by atoms with Gasteiger partial charge in [0, 0.05) is 24.8 Å². The van der Waals surface area contributed by atoms with Crippen LogP contribution in [0.2, 0.25) is 0 Å². The van der Waals surface area contributed by atoms with Gasteiger partial charge in [0.05, 0.1) is 12.5 Å². The first-order valence-corrected chi connectivity index (χ1v) is 6.66. The maximum Gasteiger partial charge on any atom is 0.225 e. The van der Waals surface area contributed by atoms with Crippen LogP contribution in [0.4, 0.5) is 5.69 Å². The number of hydrogen-bond donors (Lipinski definition) is 1. The van der Waals surface area contributed by atoms with Gasteiger partial charge in [-0.1, -0.05) is 6.07 Å². The van der Waals surface area contributed by atoms with Gasteiger partial charge in [0.15, 0.2) is 0 Å². The van der Waals surface area contributed by atoms with E-state index in [0.29, 0.717) is 6.54 Å². The standard InChI is InChI=1S/C15H22N2O2/c1-11-5-6-12(9-13(11)19-3)17-8-4-7-15(2,10-17)14(16)18/h5-6,9H,4,7-8,10H2,1-3H3,(H2,16,18)/t15-/m1/s1. The second-order valence-corrected chi connectivity index (χ2v) is 5.60. The van der Waals surface area contributed by atoms with Gasteiger partial charge in [-0.3, -0.25) is 4.79 Å². The molecule has 1 amide bonds. The minimum absolute atomic E-state index is 0.212. The van der Waals surface area contributed by atoms with Crippen molar-refractivity contribution < 1.29 is 9.53 Å². The van der Waals surface area contributed by atoms with E-state index in [2.05, 4.69) is 11.0 Å². The lowest BCUT2D eigenvalue weighted by molar-refractivity contribution is -0.127. The molecule has 1 atom stereocenters. The lowest BCUT2D eigenvalue weighted by Gasteiger charge is -2.39. The Morgan fingerprint density at radius 1 is 1.47 bits per heavy atom. The molecule has 1 aromatic rings. The fraction of sp³-hybridized carbons (Fsp3) is 0.533. The van der Waals surface area contributed by atoms with Crippen LogP contribution in [0.3, 0.4) is 0 Å². The summed E-state index contributed by atoms with van der Waals surface area (Å²) in [5.74, 6) is 0.667. The summed E-state index contributed by atoms with van der Waals surface area (Å²) in [5, 5.41) is 0. The molecule has 0 aromatic heterocycles. The van der Waals surface area contributed by atoms with Crippen molar-refractivity contribution >= 4 is 11.6 Å². The van der Waals surface area contributed by atoms with E-state index >= 15 is 0 Å². The number of ether oxygens (including phenoxy) is 1. The Hall–Kier alpha value is -1.71. The number of primary amides is 1. The highest BCUT2D eigenvalue weighted by atomic mass is 16.5. The van der Waals surface area contributed by atoms with Gasteiger partial charge in [-0.05, 0) is 38.3 Å². The summed E-state index contributed by atoms with van der Waals surface area (Å²) in [6.07, 6.45) is 1.84. The maximum absolute atomic E-state index is 11.6. The van der Waals surface area contributed by atoms with E-state index < -0.39 is 5.41 Å². The molecule has 1 heterocycles. The first kappa shape index (κ1) is 13.7. The Morgan fingerprint density at radius 2 is 2.21 bits per heavy atom. The Balaban J connectivity index is 2.24. The Bertz CT molecular complexity index is 487. The van der Waals surface area contributed by atoms with Crippen molar-refractivity contribution in [1.82, 2.24) is 0 Å². The molecule has 1 fully saturated rings. The van der Waals surface area contributed by atoms with Gasteiger partial charge in [0.2, 0.25) is 5.91 Å². The zero-order chi connectivity index (χ0) is 14.0. The normalized spacial score (nSPS) is 23.2. The molecule has 2 rings (SSSR count). The van der Waals surface area contributed by atoms with E-state index in [9.17, 15) is 4.79 Å². The molecule has 2 N–H and O–H groups in total. The van der Waals surface area contributed by atoms with Crippen LogP contribution < -0.4 is 15.4 Å². The van der Waals surface area contributed by atoms with Crippen molar-refractivity contribution in [2.45, 2.75) is 26.7 Å². The topological polar surface area (TPSA) is 55.6 Å². The van der Waals surface area contributed by atoms with Crippen molar-refractivity contribution in [3.05, 3.63) is 23.8 Å². The van der Waals surface area contributed by atoms with Crippen LogP contribution in [-0.2, 0) is 4.79 Å². The van der Waals surface area contributed by atoms with E-state index in [-0.39, 0.29) is 5.91 Å².